The molecule has 0 unspecified atom stereocenters. The zero-order chi connectivity index (χ0) is 21.4. The van der Waals surface area contributed by atoms with Gasteiger partial charge >= 0.3 is 0 Å². The first-order chi connectivity index (χ1) is 15.1. The number of carbonyl (C=O) groups excluding carboxylic acids is 1. The van der Waals surface area contributed by atoms with Crippen molar-refractivity contribution in [3.8, 4) is 22.8 Å². The fourth-order valence-electron chi connectivity index (χ4n) is 3.27. The van der Waals surface area contributed by atoms with Gasteiger partial charge in [-0.15, -0.1) is 0 Å². The lowest BCUT2D eigenvalue weighted by atomic mass is 10.1. The number of rotatable bonds is 4. The minimum absolute atomic E-state index is 0.234. The van der Waals surface area contributed by atoms with Gasteiger partial charge in [-0.25, -0.2) is 9.20 Å². The molecule has 1 aliphatic rings. The zero-order valence-corrected chi connectivity index (χ0v) is 17.7. The molecule has 0 atom stereocenters. The number of ether oxygens (including phenoxy) is 2. The van der Waals surface area contributed by atoms with Crippen LogP contribution in [0.1, 0.15) is 0 Å². The van der Waals surface area contributed by atoms with Crippen molar-refractivity contribution in [1.29, 1.82) is 0 Å². The molecule has 1 N–H and O–H groups in total. The summed E-state index contributed by atoms with van der Waals surface area (Å²) in [5, 5.41) is 11.2. The van der Waals surface area contributed by atoms with Crippen LogP contribution in [0.25, 0.3) is 16.8 Å². The first-order valence-corrected chi connectivity index (χ1v) is 10.3. The Bertz CT molecular complexity index is 1350. The standard InChI is InChI=1S/C21H16BrN5O4/c22-14-3-1-13(2-4-14)16-10-17-21(29)26(23-12-27(17)25-16)11-20(28)24-15-5-6-18-19(9-15)31-8-7-30-18/h1-6,9-10,12H,7-8,11H2,(H,24,28). The summed E-state index contributed by atoms with van der Waals surface area (Å²) in [6.45, 7) is 0.716. The van der Waals surface area contributed by atoms with Gasteiger partial charge in [0.2, 0.25) is 5.91 Å². The van der Waals surface area contributed by atoms with Crippen LogP contribution >= 0.6 is 15.9 Å². The molecule has 9 nitrogen and oxygen atoms in total. The summed E-state index contributed by atoms with van der Waals surface area (Å²) in [6.07, 6.45) is 1.41. The van der Waals surface area contributed by atoms with Crippen LogP contribution in [0.3, 0.4) is 0 Å². The summed E-state index contributed by atoms with van der Waals surface area (Å²) >= 11 is 3.40. The molecule has 156 valence electrons. The van der Waals surface area contributed by atoms with Crippen molar-refractivity contribution < 1.29 is 14.3 Å². The lowest BCUT2D eigenvalue weighted by Crippen LogP contribution is -2.30. The first-order valence-electron chi connectivity index (χ1n) is 9.48. The van der Waals surface area contributed by atoms with E-state index in [1.165, 1.54) is 10.8 Å². The average Bonchev–Trinajstić information content (AvgIpc) is 3.21. The summed E-state index contributed by atoms with van der Waals surface area (Å²) in [5.74, 6) is 0.818. The van der Waals surface area contributed by atoms with Crippen molar-refractivity contribution in [1.82, 2.24) is 19.4 Å². The second-order valence-electron chi connectivity index (χ2n) is 6.87. The van der Waals surface area contributed by atoms with E-state index in [4.69, 9.17) is 9.47 Å². The van der Waals surface area contributed by atoms with Crippen molar-refractivity contribution in [2.45, 2.75) is 6.54 Å². The van der Waals surface area contributed by atoms with Gasteiger partial charge in [-0.2, -0.15) is 10.2 Å². The number of fused-ring (bicyclic) bond motifs is 2. The maximum Gasteiger partial charge on any atom is 0.293 e. The van der Waals surface area contributed by atoms with Crippen molar-refractivity contribution in [2.75, 3.05) is 18.5 Å². The maximum absolute atomic E-state index is 12.8. The monoisotopic (exact) mass is 481 g/mol. The van der Waals surface area contributed by atoms with Crippen LogP contribution in [0, 0.1) is 0 Å². The highest BCUT2D eigenvalue weighted by Gasteiger charge is 2.15. The fraction of sp³-hybridized carbons (Fsp3) is 0.143. The number of hydrogen-bond acceptors (Lipinski definition) is 6. The van der Waals surface area contributed by atoms with Gasteiger partial charge < -0.3 is 14.8 Å². The number of nitrogens with one attached hydrogen (secondary N) is 1. The molecule has 31 heavy (non-hydrogen) atoms. The molecule has 3 heterocycles. The predicted octanol–water partition coefficient (Wildman–Crippen LogP) is 2.73. The smallest absolute Gasteiger partial charge is 0.293 e. The molecule has 0 saturated heterocycles. The highest BCUT2D eigenvalue weighted by atomic mass is 79.9. The fourth-order valence-corrected chi connectivity index (χ4v) is 3.53. The molecule has 0 bridgehead atoms. The highest BCUT2D eigenvalue weighted by molar-refractivity contribution is 9.10. The molecule has 10 heteroatoms. The molecule has 5 rings (SSSR count). The van der Waals surface area contributed by atoms with Crippen molar-refractivity contribution >= 4 is 33.0 Å². The number of amides is 1. The molecule has 4 aromatic rings. The Hall–Kier alpha value is -3.66. The predicted molar refractivity (Wildman–Crippen MR) is 116 cm³/mol. The number of nitrogens with zero attached hydrogens (tertiary/aromatic N) is 4. The average molecular weight is 482 g/mol. The summed E-state index contributed by atoms with van der Waals surface area (Å²) in [5.41, 5.74) is 1.99. The molecule has 1 aliphatic heterocycles. The summed E-state index contributed by atoms with van der Waals surface area (Å²) < 4.78 is 14.5. The van der Waals surface area contributed by atoms with Gasteiger partial charge in [0.15, 0.2) is 11.5 Å². The largest absolute Gasteiger partial charge is 0.486 e. The number of anilines is 1. The Labute approximate surface area is 184 Å². The minimum atomic E-state index is -0.407. The van der Waals surface area contributed by atoms with E-state index in [0.717, 1.165) is 14.7 Å². The summed E-state index contributed by atoms with van der Waals surface area (Å²) in [4.78, 5) is 25.3. The van der Waals surface area contributed by atoms with Crippen LogP contribution in [-0.2, 0) is 11.3 Å². The molecule has 0 spiro atoms. The van der Waals surface area contributed by atoms with E-state index in [1.807, 2.05) is 24.3 Å². The van der Waals surface area contributed by atoms with Crippen molar-refractivity contribution in [3.63, 3.8) is 0 Å². The van der Waals surface area contributed by atoms with Crippen LogP contribution in [-0.4, -0.2) is 38.5 Å². The highest BCUT2D eigenvalue weighted by Crippen LogP contribution is 2.32. The molecular weight excluding hydrogens is 466 g/mol. The van der Waals surface area contributed by atoms with Crippen LogP contribution in [0.4, 0.5) is 5.69 Å². The van der Waals surface area contributed by atoms with E-state index in [-0.39, 0.29) is 12.5 Å². The number of benzene rings is 2. The molecule has 2 aromatic carbocycles. The Morgan fingerprint density at radius 2 is 1.84 bits per heavy atom. The number of aromatic nitrogens is 4. The topological polar surface area (TPSA) is 99.8 Å². The Balaban J connectivity index is 1.36. The molecule has 0 radical (unpaired) electrons. The van der Waals surface area contributed by atoms with Crippen LogP contribution in [0.15, 0.2) is 64.1 Å². The normalized spacial score (nSPS) is 12.7. The molecular formula is C21H16BrN5O4. The van der Waals surface area contributed by atoms with Crippen LogP contribution < -0.4 is 20.3 Å². The summed E-state index contributed by atoms with van der Waals surface area (Å²) in [7, 11) is 0. The summed E-state index contributed by atoms with van der Waals surface area (Å²) in [6, 6.07) is 14.4. The number of halogens is 1. The van der Waals surface area contributed by atoms with Gasteiger partial charge in [-0.05, 0) is 30.3 Å². The Kier molecular flexibility index (Phi) is 4.91. The minimum Gasteiger partial charge on any atom is -0.486 e. The van der Waals surface area contributed by atoms with Gasteiger partial charge in [0.1, 0.15) is 31.6 Å². The van der Waals surface area contributed by atoms with E-state index in [1.54, 1.807) is 24.3 Å². The van der Waals surface area contributed by atoms with Crippen molar-refractivity contribution in [2.24, 2.45) is 0 Å². The van der Waals surface area contributed by atoms with Gasteiger partial charge in [0.25, 0.3) is 5.56 Å². The Morgan fingerprint density at radius 1 is 1.06 bits per heavy atom. The van der Waals surface area contributed by atoms with Crippen LogP contribution in [0.5, 0.6) is 11.5 Å². The quantitative estimate of drug-likeness (QED) is 0.481. The van der Waals surface area contributed by atoms with E-state index in [9.17, 15) is 9.59 Å². The molecule has 1 amide bonds. The van der Waals surface area contributed by atoms with Gasteiger partial charge in [0.05, 0.1) is 5.69 Å². The third-order valence-corrected chi connectivity index (χ3v) is 5.28. The van der Waals surface area contributed by atoms with Crippen LogP contribution in [0.2, 0.25) is 0 Å². The van der Waals surface area contributed by atoms with E-state index < -0.39 is 5.56 Å². The maximum atomic E-state index is 12.8. The van der Waals surface area contributed by atoms with Gasteiger partial charge in [-0.3, -0.25) is 9.59 Å². The SMILES string of the molecule is O=C(Cn1ncn2nc(-c3ccc(Br)cc3)cc2c1=O)Nc1ccc2c(c1)OCCO2. The molecule has 0 fully saturated rings. The zero-order valence-electron chi connectivity index (χ0n) is 16.1. The molecule has 0 saturated carbocycles. The first kappa shape index (κ1) is 19.3. The lowest BCUT2D eigenvalue weighted by molar-refractivity contribution is -0.117. The second kappa shape index (κ2) is 7.88. The third-order valence-electron chi connectivity index (χ3n) is 4.75. The second-order valence-corrected chi connectivity index (χ2v) is 7.78. The van der Waals surface area contributed by atoms with Crippen molar-refractivity contribution in [3.05, 3.63) is 69.7 Å². The number of carbonyl (C=O) groups is 1. The van der Waals surface area contributed by atoms with E-state index in [0.29, 0.717) is 41.6 Å². The lowest BCUT2D eigenvalue weighted by Gasteiger charge is -2.19. The van der Waals surface area contributed by atoms with E-state index >= 15 is 0 Å². The molecule has 2 aromatic heterocycles. The van der Waals surface area contributed by atoms with Gasteiger partial charge in [-0.1, -0.05) is 28.1 Å². The van der Waals surface area contributed by atoms with E-state index in [2.05, 4.69) is 31.4 Å². The van der Waals surface area contributed by atoms with Gasteiger partial charge in [0, 0.05) is 21.8 Å². The molecule has 0 aliphatic carbocycles. The Morgan fingerprint density at radius 3 is 2.65 bits per heavy atom. The third kappa shape index (κ3) is 3.89. The number of hydrogen-bond donors (Lipinski definition) is 1.